The molecule has 2 aliphatic rings. The Morgan fingerprint density at radius 3 is 2.68 bits per heavy atom. The Morgan fingerprint density at radius 1 is 1.32 bits per heavy atom. The Hall–Kier alpha value is -0.650. The number of ether oxygens (including phenoxy) is 2. The molecular formula is C14H26N2O3. The lowest BCUT2D eigenvalue weighted by Gasteiger charge is -2.28. The van der Waals surface area contributed by atoms with Crippen LogP contribution in [0.1, 0.15) is 44.9 Å². The van der Waals surface area contributed by atoms with E-state index in [2.05, 4.69) is 5.32 Å². The molecule has 0 saturated heterocycles. The summed E-state index contributed by atoms with van der Waals surface area (Å²) in [5.74, 6) is -0.270. The topological polar surface area (TPSA) is 73.6 Å². The Balaban J connectivity index is 1.64. The maximum absolute atomic E-state index is 11.3. The van der Waals surface area contributed by atoms with Gasteiger partial charge in [0, 0.05) is 19.8 Å². The SMILES string of the molecule is COC1CCCC(OCCC(NC2CC2)C(N)=O)C1. The highest BCUT2D eigenvalue weighted by molar-refractivity contribution is 5.79. The number of rotatable bonds is 8. The van der Waals surface area contributed by atoms with Crippen molar-refractivity contribution in [3.63, 3.8) is 0 Å². The summed E-state index contributed by atoms with van der Waals surface area (Å²) < 4.78 is 11.3. The second-order valence-electron chi connectivity index (χ2n) is 5.70. The molecule has 2 saturated carbocycles. The van der Waals surface area contributed by atoms with Crippen LogP contribution in [0.5, 0.6) is 0 Å². The molecule has 0 aromatic rings. The van der Waals surface area contributed by atoms with Crippen molar-refractivity contribution in [3.05, 3.63) is 0 Å². The molecule has 5 heteroatoms. The van der Waals surface area contributed by atoms with Gasteiger partial charge in [-0.25, -0.2) is 0 Å². The molecule has 2 aliphatic carbocycles. The van der Waals surface area contributed by atoms with Crippen molar-refractivity contribution < 1.29 is 14.3 Å². The number of hydrogen-bond donors (Lipinski definition) is 2. The molecule has 0 aliphatic heterocycles. The molecule has 110 valence electrons. The van der Waals surface area contributed by atoms with Gasteiger partial charge in [0.2, 0.25) is 5.91 Å². The number of primary amides is 1. The van der Waals surface area contributed by atoms with Crippen molar-refractivity contribution >= 4 is 5.91 Å². The average molecular weight is 270 g/mol. The second kappa shape index (κ2) is 7.22. The quantitative estimate of drug-likeness (QED) is 0.689. The zero-order valence-electron chi connectivity index (χ0n) is 11.8. The van der Waals surface area contributed by atoms with E-state index in [1.165, 1.54) is 0 Å². The highest BCUT2D eigenvalue weighted by Crippen LogP contribution is 2.23. The van der Waals surface area contributed by atoms with Crippen LogP contribution in [0.4, 0.5) is 0 Å². The summed E-state index contributed by atoms with van der Waals surface area (Å²) in [5.41, 5.74) is 5.40. The van der Waals surface area contributed by atoms with Crippen LogP contribution >= 0.6 is 0 Å². The van der Waals surface area contributed by atoms with Crippen LogP contribution in [0.25, 0.3) is 0 Å². The molecule has 0 bridgehead atoms. The van der Waals surface area contributed by atoms with Gasteiger partial charge in [0.1, 0.15) is 0 Å². The first-order valence-electron chi connectivity index (χ1n) is 7.38. The Labute approximate surface area is 115 Å². The largest absolute Gasteiger partial charge is 0.381 e. The third-order valence-corrected chi connectivity index (χ3v) is 4.03. The number of carbonyl (C=O) groups is 1. The molecule has 2 rings (SSSR count). The molecule has 19 heavy (non-hydrogen) atoms. The molecule has 5 nitrogen and oxygen atoms in total. The van der Waals surface area contributed by atoms with Gasteiger partial charge in [0.25, 0.3) is 0 Å². The summed E-state index contributed by atoms with van der Waals surface area (Å²) in [6, 6.07) is 0.249. The van der Waals surface area contributed by atoms with E-state index < -0.39 is 0 Å². The second-order valence-corrected chi connectivity index (χ2v) is 5.70. The number of nitrogens with one attached hydrogen (secondary N) is 1. The van der Waals surface area contributed by atoms with Crippen molar-refractivity contribution in [2.75, 3.05) is 13.7 Å². The summed E-state index contributed by atoms with van der Waals surface area (Å²) in [5, 5.41) is 3.27. The van der Waals surface area contributed by atoms with Gasteiger partial charge in [0.15, 0.2) is 0 Å². The van der Waals surface area contributed by atoms with E-state index in [4.69, 9.17) is 15.2 Å². The Bertz CT molecular complexity index is 294. The van der Waals surface area contributed by atoms with Crippen LogP contribution in [0.15, 0.2) is 0 Å². The summed E-state index contributed by atoms with van der Waals surface area (Å²) in [6.45, 7) is 0.592. The van der Waals surface area contributed by atoms with E-state index in [0.29, 0.717) is 25.2 Å². The molecule has 0 aromatic carbocycles. The zero-order chi connectivity index (χ0) is 13.7. The van der Waals surface area contributed by atoms with Gasteiger partial charge >= 0.3 is 0 Å². The number of nitrogens with two attached hydrogens (primary N) is 1. The van der Waals surface area contributed by atoms with Gasteiger partial charge in [-0.2, -0.15) is 0 Å². The number of hydrogen-bond acceptors (Lipinski definition) is 4. The van der Waals surface area contributed by atoms with Crippen molar-refractivity contribution in [1.29, 1.82) is 0 Å². The van der Waals surface area contributed by atoms with E-state index in [9.17, 15) is 4.79 Å². The molecule has 3 N–H and O–H groups in total. The van der Waals surface area contributed by atoms with Gasteiger partial charge in [-0.15, -0.1) is 0 Å². The average Bonchev–Trinajstić information content (AvgIpc) is 3.21. The van der Waals surface area contributed by atoms with Crippen LogP contribution in [0, 0.1) is 0 Å². The Morgan fingerprint density at radius 2 is 2.05 bits per heavy atom. The molecule has 3 atom stereocenters. The van der Waals surface area contributed by atoms with E-state index >= 15 is 0 Å². The van der Waals surface area contributed by atoms with E-state index in [1.807, 2.05) is 0 Å². The minimum Gasteiger partial charge on any atom is -0.381 e. The van der Waals surface area contributed by atoms with Crippen molar-refractivity contribution in [3.8, 4) is 0 Å². The monoisotopic (exact) mass is 270 g/mol. The first-order valence-corrected chi connectivity index (χ1v) is 7.38. The minimum atomic E-state index is -0.270. The first-order chi connectivity index (χ1) is 9.19. The number of carbonyl (C=O) groups excluding carboxylic acids is 1. The predicted molar refractivity (Wildman–Crippen MR) is 72.8 cm³/mol. The molecule has 2 fully saturated rings. The number of methoxy groups -OCH3 is 1. The van der Waals surface area contributed by atoms with Crippen LogP contribution < -0.4 is 11.1 Å². The van der Waals surface area contributed by atoms with E-state index in [-0.39, 0.29) is 18.1 Å². The third kappa shape index (κ3) is 5.09. The lowest BCUT2D eigenvalue weighted by Crippen LogP contribution is -2.43. The van der Waals surface area contributed by atoms with Gasteiger partial charge in [0.05, 0.1) is 18.2 Å². The molecular weight excluding hydrogens is 244 g/mol. The van der Waals surface area contributed by atoms with Gasteiger partial charge < -0.3 is 20.5 Å². The fourth-order valence-electron chi connectivity index (χ4n) is 2.66. The first kappa shape index (κ1) is 14.8. The fourth-order valence-corrected chi connectivity index (χ4v) is 2.66. The molecule has 0 heterocycles. The molecule has 0 spiro atoms. The summed E-state index contributed by atoms with van der Waals surface area (Å²) >= 11 is 0. The molecule has 1 amide bonds. The smallest absolute Gasteiger partial charge is 0.234 e. The highest BCUT2D eigenvalue weighted by atomic mass is 16.5. The molecule has 3 unspecified atom stereocenters. The normalized spacial score (nSPS) is 29.1. The van der Waals surface area contributed by atoms with Crippen LogP contribution in [0.3, 0.4) is 0 Å². The van der Waals surface area contributed by atoms with Gasteiger partial charge in [-0.1, -0.05) is 0 Å². The van der Waals surface area contributed by atoms with E-state index in [1.54, 1.807) is 7.11 Å². The Kier molecular flexibility index (Phi) is 5.60. The van der Waals surface area contributed by atoms with Crippen molar-refractivity contribution in [2.24, 2.45) is 5.73 Å². The number of amides is 1. The zero-order valence-corrected chi connectivity index (χ0v) is 11.8. The predicted octanol–water partition coefficient (Wildman–Crippen LogP) is 0.957. The van der Waals surface area contributed by atoms with Crippen LogP contribution in [-0.4, -0.2) is 43.9 Å². The van der Waals surface area contributed by atoms with Crippen LogP contribution in [0.2, 0.25) is 0 Å². The van der Waals surface area contributed by atoms with Crippen LogP contribution in [-0.2, 0) is 14.3 Å². The third-order valence-electron chi connectivity index (χ3n) is 4.03. The lowest BCUT2D eigenvalue weighted by atomic mass is 9.95. The minimum absolute atomic E-state index is 0.241. The lowest BCUT2D eigenvalue weighted by molar-refractivity contribution is -0.120. The molecule has 0 aromatic heterocycles. The maximum atomic E-state index is 11.3. The highest BCUT2D eigenvalue weighted by Gasteiger charge is 2.27. The van der Waals surface area contributed by atoms with Gasteiger partial charge in [-0.3, -0.25) is 4.79 Å². The van der Waals surface area contributed by atoms with Crippen molar-refractivity contribution in [2.45, 2.75) is 69.2 Å². The maximum Gasteiger partial charge on any atom is 0.234 e. The fraction of sp³-hybridized carbons (Fsp3) is 0.929. The van der Waals surface area contributed by atoms with Crippen molar-refractivity contribution in [1.82, 2.24) is 5.32 Å². The van der Waals surface area contributed by atoms with E-state index in [0.717, 1.165) is 38.5 Å². The summed E-state index contributed by atoms with van der Waals surface area (Å²) in [4.78, 5) is 11.3. The molecule has 0 radical (unpaired) electrons. The summed E-state index contributed by atoms with van der Waals surface area (Å²) in [6.07, 6.45) is 7.92. The standard InChI is InChI=1S/C14H26N2O3/c1-18-11-3-2-4-12(9-11)19-8-7-13(14(15)17)16-10-5-6-10/h10-13,16H,2-9H2,1H3,(H2,15,17). The summed E-state index contributed by atoms with van der Waals surface area (Å²) in [7, 11) is 1.76. The van der Waals surface area contributed by atoms with Gasteiger partial charge in [-0.05, 0) is 44.9 Å².